The molecule has 0 atom stereocenters. The van der Waals surface area contributed by atoms with E-state index in [1.165, 1.54) is 10.6 Å². The summed E-state index contributed by atoms with van der Waals surface area (Å²) in [5, 5.41) is 11.6. The Morgan fingerprint density at radius 2 is 1.83 bits per heavy atom. The standard InChI is InChI=1S/C20H18N6O3/c27-20-17(26(28)29)19(23-16-7-3-4-10-25(16)20)24-11-8-13(9-12-24)18-21-14-5-1-2-6-15(14)22-18/h1-7,10,13H,8-9,11-12H2,(H,21,22). The monoisotopic (exact) mass is 390 g/mol. The van der Waals surface area contributed by atoms with Crippen molar-refractivity contribution in [3.05, 3.63) is 75.0 Å². The van der Waals surface area contributed by atoms with Crippen molar-refractivity contribution in [1.82, 2.24) is 19.4 Å². The zero-order valence-corrected chi connectivity index (χ0v) is 15.5. The SMILES string of the molecule is O=c1c([N+](=O)[O-])c(N2CCC(c3nc4ccccc4[nH]3)CC2)nc2ccccn12. The number of H-pyrrole nitrogens is 1. The molecule has 0 amide bonds. The van der Waals surface area contributed by atoms with E-state index in [1.54, 1.807) is 18.2 Å². The molecule has 1 aliphatic heterocycles. The van der Waals surface area contributed by atoms with Gasteiger partial charge >= 0.3 is 11.2 Å². The number of nitrogens with one attached hydrogen (secondary N) is 1. The Labute approximate surface area is 164 Å². The van der Waals surface area contributed by atoms with Crippen LogP contribution in [-0.2, 0) is 0 Å². The molecule has 146 valence electrons. The summed E-state index contributed by atoms with van der Waals surface area (Å²) in [6.45, 7) is 1.13. The van der Waals surface area contributed by atoms with Crippen LogP contribution < -0.4 is 10.5 Å². The Kier molecular flexibility index (Phi) is 4.01. The highest BCUT2D eigenvalue weighted by Gasteiger charge is 2.31. The highest BCUT2D eigenvalue weighted by molar-refractivity contribution is 5.74. The normalized spacial score (nSPS) is 15.2. The Balaban J connectivity index is 1.46. The molecule has 3 aromatic heterocycles. The van der Waals surface area contributed by atoms with Crippen LogP contribution in [0.1, 0.15) is 24.6 Å². The maximum Gasteiger partial charge on any atom is 0.376 e. The van der Waals surface area contributed by atoms with Crippen molar-refractivity contribution >= 4 is 28.2 Å². The number of imidazole rings is 1. The topological polar surface area (TPSA) is 109 Å². The summed E-state index contributed by atoms with van der Waals surface area (Å²) in [5.41, 5.74) is 1.21. The molecule has 1 aliphatic rings. The van der Waals surface area contributed by atoms with Gasteiger partial charge in [0.2, 0.25) is 5.82 Å². The number of benzene rings is 1. The molecule has 0 spiro atoms. The minimum Gasteiger partial charge on any atom is -0.351 e. The van der Waals surface area contributed by atoms with Crippen LogP contribution in [0.5, 0.6) is 0 Å². The number of hydrogen-bond acceptors (Lipinski definition) is 6. The molecular weight excluding hydrogens is 372 g/mol. The van der Waals surface area contributed by atoms with Crippen molar-refractivity contribution in [2.75, 3.05) is 18.0 Å². The van der Waals surface area contributed by atoms with Crippen LogP contribution in [0, 0.1) is 10.1 Å². The molecule has 1 N–H and O–H groups in total. The van der Waals surface area contributed by atoms with Crippen molar-refractivity contribution in [2.24, 2.45) is 0 Å². The second kappa shape index (κ2) is 6.69. The zero-order valence-electron chi connectivity index (χ0n) is 15.5. The molecule has 9 nitrogen and oxygen atoms in total. The molecule has 29 heavy (non-hydrogen) atoms. The number of para-hydroxylation sites is 2. The maximum atomic E-state index is 12.7. The van der Waals surface area contributed by atoms with Crippen molar-refractivity contribution in [3.63, 3.8) is 0 Å². The van der Waals surface area contributed by atoms with Crippen molar-refractivity contribution in [1.29, 1.82) is 0 Å². The van der Waals surface area contributed by atoms with Gasteiger partial charge in [-0.2, -0.15) is 0 Å². The first-order valence-electron chi connectivity index (χ1n) is 9.47. The largest absolute Gasteiger partial charge is 0.376 e. The Morgan fingerprint density at radius 1 is 1.07 bits per heavy atom. The molecule has 1 saturated heterocycles. The number of nitrogens with zero attached hydrogens (tertiary/aromatic N) is 5. The fourth-order valence-electron chi connectivity index (χ4n) is 3.98. The maximum absolute atomic E-state index is 12.7. The van der Waals surface area contributed by atoms with E-state index < -0.39 is 16.2 Å². The number of aromatic nitrogens is 4. The van der Waals surface area contributed by atoms with E-state index in [-0.39, 0.29) is 11.7 Å². The molecule has 4 heterocycles. The Morgan fingerprint density at radius 3 is 2.59 bits per heavy atom. The predicted octanol–water partition coefficient (Wildman–Crippen LogP) is 2.86. The number of piperidine rings is 1. The van der Waals surface area contributed by atoms with E-state index in [1.807, 2.05) is 29.2 Å². The van der Waals surface area contributed by atoms with Crippen LogP contribution in [0.2, 0.25) is 0 Å². The van der Waals surface area contributed by atoms with E-state index in [0.29, 0.717) is 18.7 Å². The van der Waals surface area contributed by atoms with Crippen LogP contribution in [-0.4, -0.2) is 37.4 Å². The van der Waals surface area contributed by atoms with Gasteiger partial charge in [-0.15, -0.1) is 0 Å². The van der Waals surface area contributed by atoms with Crippen LogP contribution in [0.4, 0.5) is 11.5 Å². The van der Waals surface area contributed by atoms with Gasteiger partial charge < -0.3 is 9.88 Å². The third-order valence-corrected chi connectivity index (χ3v) is 5.46. The lowest BCUT2D eigenvalue weighted by molar-refractivity contribution is -0.385. The molecule has 0 saturated carbocycles. The molecule has 0 unspecified atom stereocenters. The second-order valence-corrected chi connectivity index (χ2v) is 7.18. The fourth-order valence-corrected chi connectivity index (χ4v) is 3.98. The van der Waals surface area contributed by atoms with Gasteiger partial charge in [-0.3, -0.25) is 19.3 Å². The van der Waals surface area contributed by atoms with Gasteiger partial charge in [0.15, 0.2) is 0 Å². The average molecular weight is 390 g/mol. The number of anilines is 1. The van der Waals surface area contributed by atoms with E-state index in [2.05, 4.69) is 15.0 Å². The van der Waals surface area contributed by atoms with Crippen LogP contribution in [0.15, 0.2) is 53.5 Å². The zero-order chi connectivity index (χ0) is 20.0. The summed E-state index contributed by atoms with van der Waals surface area (Å²) in [5.74, 6) is 1.32. The third-order valence-electron chi connectivity index (χ3n) is 5.46. The van der Waals surface area contributed by atoms with Gasteiger partial charge in [-0.1, -0.05) is 18.2 Å². The minimum absolute atomic E-state index is 0.147. The molecule has 0 aliphatic carbocycles. The van der Waals surface area contributed by atoms with Gasteiger partial charge in [0.05, 0.1) is 16.0 Å². The first kappa shape index (κ1) is 17.4. The van der Waals surface area contributed by atoms with Crippen LogP contribution in [0.3, 0.4) is 0 Å². The fraction of sp³-hybridized carbons (Fsp3) is 0.250. The molecule has 1 fully saturated rings. The minimum atomic E-state index is -0.657. The molecule has 5 rings (SSSR count). The lowest BCUT2D eigenvalue weighted by Crippen LogP contribution is -2.36. The van der Waals surface area contributed by atoms with E-state index in [0.717, 1.165) is 29.7 Å². The third kappa shape index (κ3) is 2.91. The van der Waals surface area contributed by atoms with Gasteiger partial charge in [0, 0.05) is 25.2 Å². The van der Waals surface area contributed by atoms with Crippen LogP contribution >= 0.6 is 0 Å². The Bertz CT molecular complexity index is 1250. The lowest BCUT2D eigenvalue weighted by atomic mass is 9.96. The van der Waals surface area contributed by atoms with Gasteiger partial charge in [-0.05, 0) is 37.1 Å². The van der Waals surface area contributed by atoms with Crippen molar-refractivity contribution in [3.8, 4) is 0 Å². The summed E-state index contributed by atoms with van der Waals surface area (Å²) < 4.78 is 1.21. The number of rotatable bonds is 3. The summed E-state index contributed by atoms with van der Waals surface area (Å²) in [6.07, 6.45) is 3.04. The highest BCUT2D eigenvalue weighted by Crippen LogP contribution is 2.32. The summed E-state index contributed by atoms with van der Waals surface area (Å²) >= 11 is 0. The molecule has 0 radical (unpaired) electrons. The quantitative estimate of drug-likeness (QED) is 0.425. The van der Waals surface area contributed by atoms with Gasteiger partial charge in [0.1, 0.15) is 11.5 Å². The number of pyridine rings is 1. The summed E-state index contributed by atoms with van der Waals surface area (Å²) in [7, 11) is 0. The molecule has 0 bridgehead atoms. The number of aromatic amines is 1. The molecule has 4 aromatic rings. The van der Waals surface area contributed by atoms with Crippen LogP contribution in [0.25, 0.3) is 16.7 Å². The van der Waals surface area contributed by atoms with E-state index in [9.17, 15) is 14.9 Å². The first-order chi connectivity index (χ1) is 14.1. The van der Waals surface area contributed by atoms with Gasteiger partial charge in [-0.25, -0.2) is 9.97 Å². The highest BCUT2D eigenvalue weighted by atomic mass is 16.6. The smallest absolute Gasteiger partial charge is 0.351 e. The Hall–Kier alpha value is -3.75. The molecule has 1 aromatic carbocycles. The molecule has 9 heteroatoms. The van der Waals surface area contributed by atoms with Crippen molar-refractivity contribution in [2.45, 2.75) is 18.8 Å². The van der Waals surface area contributed by atoms with E-state index in [4.69, 9.17) is 0 Å². The number of fused-ring (bicyclic) bond motifs is 2. The predicted molar refractivity (Wildman–Crippen MR) is 108 cm³/mol. The second-order valence-electron chi connectivity index (χ2n) is 7.18. The number of nitro groups is 1. The summed E-state index contributed by atoms with van der Waals surface area (Å²) in [6, 6.07) is 13.0. The number of hydrogen-bond donors (Lipinski definition) is 1. The first-order valence-corrected chi connectivity index (χ1v) is 9.47. The average Bonchev–Trinajstić information content (AvgIpc) is 3.18. The lowest BCUT2D eigenvalue weighted by Gasteiger charge is -2.31. The molecular formula is C20H18N6O3. The summed E-state index contributed by atoms with van der Waals surface area (Å²) in [4.78, 5) is 38.0. The van der Waals surface area contributed by atoms with E-state index >= 15 is 0 Å². The van der Waals surface area contributed by atoms with Crippen molar-refractivity contribution < 1.29 is 4.92 Å². The van der Waals surface area contributed by atoms with Gasteiger partial charge in [0.25, 0.3) is 0 Å².